The molecule has 3 aromatic rings. The van der Waals surface area contributed by atoms with Gasteiger partial charge in [0, 0.05) is 37.3 Å². The molecule has 160 valence electrons. The molecule has 31 heavy (non-hydrogen) atoms. The average Bonchev–Trinajstić information content (AvgIpc) is 3.34. The summed E-state index contributed by atoms with van der Waals surface area (Å²) >= 11 is 1.35. The Bertz CT molecular complexity index is 1130. The zero-order valence-electron chi connectivity index (χ0n) is 17.1. The molecule has 0 unspecified atom stereocenters. The molecule has 5 rings (SSSR count). The number of halogens is 1. The van der Waals surface area contributed by atoms with Crippen molar-refractivity contribution in [2.75, 3.05) is 19.6 Å². The van der Waals surface area contributed by atoms with Gasteiger partial charge in [0.2, 0.25) is 0 Å². The predicted molar refractivity (Wildman–Crippen MR) is 122 cm³/mol. The fourth-order valence-corrected chi connectivity index (χ4v) is 4.61. The molecular weight excluding hydrogens is 432 g/mol. The van der Waals surface area contributed by atoms with Gasteiger partial charge in [0.1, 0.15) is 28.0 Å². The van der Waals surface area contributed by atoms with E-state index in [1.54, 1.807) is 16.3 Å². The van der Waals surface area contributed by atoms with Crippen LogP contribution in [-0.4, -0.2) is 51.2 Å². The molecule has 1 N–H and O–H groups in total. The third-order valence-electron chi connectivity index (χ3n) is 5.62. The summed E-state index contributed by atoms with van der Waals surface area (Å²) in [5.74, 6) is 0.631. The first-order valence-corrected chi connectivity index (χ1v) is 11.1. The number of carbonyl (C=O) groups is 1. The Labute approximate surface area is 191 Å². The third-order valence-corrected chi connectivity index (χ3v) is 6.47. The van der Waals surface area contributed by atoms with Gasteiger partial charge in [0.15, 0.2) is 0 Å². The minimum absolute atomic E-state index is 0. The van der Waals surface area contributed by atoms with Crippen molar-refractivity contribution in [3.8, 4) is 22.5 Å². The van der Waals surface area contributed by atoms with Crippen LogP contribution in [0, 0.1) is 11.3 Å². The van der Waals surface area contributed by atoms with E-state index in [4.69, 9.17) is 0 Å². The summed E-state index contributed by atoms with van der Waals surface area (Å²) in [4.78, 5) is 19.2. The number of hydrogen-bond acceptors (Lipinski definition) is 6. The molecule has 3 heterocycles. The van der Waals surface area contributed by atoms with Crippen molar-refractivity contribution in [2.24, 2.45) is 0 Å². The zero-order valence-corrected chi connectivity index (χ0v) is 18.7. The van der Waals surface area contributed by atoms with E-state index < -0.39 is 0 Å². The minimum atomic E-state index is -0.0699. The predicted octanol–water partition coefficient (Wildman–Crippen LogP) is 3.60. The van der Waals surface area contributed by atoms with E-state index in [-0.39, 0.29) is 24.4 Å². The Kier molecular flexibility index (Phi) is 6.10. The highest BCUT2D eigenvalue weighted by Gasteiger charge is 2.25. The Morgan fingerprint density at radius 3 is 2.74 bits per heavy atom. The second kappa shape index (κ2) is 8.79. The van der Waals surface area contributed by atoms with Crippen molar-refractivity contribution in [1.29, 1.82) is 5.26 Å². The molecule has 7 nitrogen and oxygen atoms in total. The SMILES string of the molecule is C[C@H]1CN(C(=O)c2csc(-c3nn(-c4ccc(C5CC5)cc4)cc3C#N)n2)CCN1.Cl. The lowest BCUT2D eigenvalue weighted by molar-refractivity contribution is 0.0704. The molecule has 1 saturated heterocycles. The summed E-state index contributed by atoms with van der Waals surface area (Å²) in [5, 5.41) is 19.9. The molecule has 1 saturated carbocycles. The molecule has 0 radical (unpaired) electrons. The number of rotatable bonds is 4. The number of carbonyl (C=O) groups excluding carboxylic acids is 1. The maximum atomic E-state index is 12.8. The van der Waals surface area contributed by atoms with Crippen molar-refractivity contribution < 1.29 is 4.79 Å². The second-order valence-electron chi connectivity index (χ2n) is 7.96. The molecule has 0 bridgehead atoms. The maximum absolute atomic E-state index is 12.8. The van der Waals surface area contributed by atoms with Crippen LogP contribution in [0.5, 0.6) is 0 Å². The number of nitrogens with one attached hydrogen (secondary N) is 1. The van der Waals surface area contributed by atoms with Gasteiger partial charge in [-0.3, -0.25) is 4.79 Å². The summed E-state index contributed by atoms with van der Waals surface area (Å²) in [6.07, 6.45) is 4.26. The van der Waals surface area contributed by atoms with Gasteiger partial charge in [-0.1, -0.05) is 12.1 Å². The van der Waals surface area contributed by atoms with E-state index in [0.717, 1.165) is 12.2 Å². The number of aromatic nitrogens is 3. The highest BCUT2D eigenvalue weighted by molar-refractivity contribution is 7.13. The topological polar surface area (TPSA) is 86.8 Å². The summed E-state index contributed by atoms with van der Waals surface area (Å²) < 4.78 is 1.71. The van der Waals surface area contributed by atoms with Crippen LogP contribution in [0.3, 0.4) is 0 Å². The first kappa shape index (κ1) is 21.5. The van der Waals surface area contributed by atoms with Crippen molar-refractivity contribution in [1.82, 2.24) is 25.0 Å². The molecule has 2 aromatic heterocycles. The van der Waals surface area contributed by atoms with Crippen LogP contribution >= 0.6 is 23.7 Å². The number of thiazole rings is 1. The van der Waals surface area contributed by atoms with Gasteiger partial charge >= 0.3 is 0 Å². The highest BCUT2D eigenvalue weighted by Crippen LogP contribution is 2.40. The van der Waals surface area contributed by atoms with E-state index in [1.165, 1.54) is 29.7 Å². The minimum Gasteiger partial charge on any atom is -0.334 e. The maximum Gasteiger partial charge on any atom is 0.273 e. The van der Waals surface area contributed by atoms with E-state index in [0.29, 0.717) is 41.0 Å². The van der Waals surface area contributed by atoms with Gasteiger partial charge in [0.25, 0.3) is 5.91 Å². The molecule has 2 aliphatic rings. The summed E-state index contributed by atoms with van der Waals surface area (Å²) in [6, 6.07) is 10.8. The van der Waals surface area contributed by atoms with Crippen molar-refractivity contribution in [2.45, 2.75) is 31.7 Å². The lowest BCUT2D eigenvalue weighted by Crippen LogP contribution is -2.51. The van der Waals surface area contributed by atoms with Crippen molar-refractivity contribution in [3.05, 3.63) is 52.7 Å². The lowest BCUT2D eigenvalue weighted by atomic mass is 10.1. The fourth-order valence-electron chi connectivity index (χ4n) is 3.82. The van der Waals surface area contributed by atoms with Crippen molar-refractivity contribution >= 4 is 29.7 Å². The van der Waals surface area contributed by atoms with E-state index >= 15 is 0 Å². The summed E-state index contributed by atoms with van der Waals surface area (Å²) in [6.45, 7) is 4.19. The molecule has 1 aliphatic carbocycles. The number of hydrogen-bond donors (Lipinski definition) is 1. The number of nitriles is 1. The van der Waals surface area contributed by atoms with Gasteiger partial charge in [-0.25, -0.2) is 9.67 Å². The average molecular weight is 455 g/mol. The van der Waals surface area contributed by atoms with Crippen LogP contribution in [0.4, 0.5) is 0 Å². The summed E-state index contributed by atoms with van der Waals surface area (Å²) in [5.41, 5.74) is 3.64. The van der Waals surface area contributed by atoms with Crippen molar-refractivity contribution in [3.63, 3.8) is 0 Å². The number of nitrogens with zero attached hydrogens (tertiary/aromatic N) is 5. The Balaban J connectivity index is 0.00000231. The number of benzene rings is 1. The molecule has 9 heteroatoms. The first-order chi connectivity index (χ1) is 14.6. The highest BCUT2D eigenvalue weighted by atomic mass is 35.5. The lowest BCUT2D eigenvalue weighted by Gasteiger charge is -2.31. The Morgan fingerprint density at radius 2 is 2.06 bits per heavy atom. The van der Waals surface area contributed by atoms with E-state index in [1.807, 2.05) is 17.0 Å². The monoisotopic (exact) mass is 454 g/mol. The molecule has 1 amide bonds. The van der Waals surface area contributed by atoms with Gasteiger partial charge < -0.3 is 10.2 Å². The summed E-state index contributed by atoms with van der Waals surface area (Å²) in [7, 11) is 0. The molecule has 1 aliphatic heterocycles. The van der Waals surface area contributed by atoms with Crippen LogP contribution in [0.25, 0.3) is 16.4 Å². The smallest absolute Gasteiger partial charge is 0.273 e. The van der Waals surface area contributed by atoms with E-state index in [2.05, 4.69) is 40.5 Å². The second-order valence-corrected chi connectivity index (χ2v) is 8.82. The molecule has 2 fully saturated rings. The molecular formula is C22H23ClN6OS. The van der Waals surface area contributed by atoms with Crippen LogP contribution in [0.15, 0.2) is 35.8 Å². The van der Waals surface area contributed by atoms with Crippen LogP contribution in [-0.2, 0) is 0 Å². The Hall–Kier alpha value is -2.73. The normalized spacial score (nSPS) is 18.3. The zero-order chi connectivity index (χ0) is 20.7. The third kappa shape index (κ3) is 4.35. The fraction of sp³-hybridized carbons (Fsp3) is 0.364. The van der Waals surface area contributed by atoms with Crippen LogP contribution in [0.2, 0.25) is 0 Å². The van der Waals surface area contributed by atoms with Gasteiger partial charge in [-0.15, -0.1) is 23.7 Å². The Morgan fingerprint density at radius 1 is 1.29 bits per heavy atom. The van der Waals surface area contributed by atoms with Gasteiger partial charge in [-0.05, 0) is 43.4 Å². The molecule has 0 spiro atoms. The number of piperazine rings is 1. The largest absolute Gasteiger partial charge is 0.334 e. The van der Waals surface area contributed by atoms with Gasteiger partial charge in [-0.2, -0.15) is 10.4 Å². The number of amides is 1. The standard InChI is InChI=1S/C22H22N6OS.ClH/c1-14-11-27(9-8-24-14)22(29)19-13-30-21(25-19)20-17(10-23)12-28(26-20)18-6-4-16(5-7-18)15-2-3-15;/h4-7,12-15,24H,2-3,8-9,11H2,1H3;1H/t14-;/m0./s1. The molecule has 1 atom stereocenters. The van der Waals surface area contributed by atoms with Crippen LogP contribution in [0.1, 0.15) is 47.3 Å². The first-order valence-electron chi connectivity index (χ1n) is 10.2. The quantitative estimate of drug-likeness (QED) is 0.650. The van der Waals surface area contributed by atoms with Crippen LogP contribution < -0.4 is 5.32 Å². The van der Waals surface area contributed by atoms with E-state index in [9.17, 15) is 10.1 Å². The van der Waals surface area contributed by atoms with Gasteiger partial charge in [0.05, 0.1) is 5.69 Å². The molecule has 1 aromatic carbocycles.